The summed E-state index contributed by atoms with van der Waals surface area (Å²) in [6.07, 6.45) is 0. The molecule has 0 spiro atoms. The predicted octanol–water partition coefficient (Wildman–Crippen LogP) is 4.93. The van der Waals surface area contributed by atoms with Gasteiger partial charge in [0.25, 0.3) is 0 Å². The average Bonchev–Trinajstić information content (AvgIpc) is 2.88. The van der Waals surface area contributed by atoms with Gasteiger partial charge >= 0.3 is 0 Å². The number of rotatable bonds is 6. The van der Waals surface area contributed by atoms with E-state index in [4.69, 9.17) is 11.6 Å². The first-order valence-electron chi connectivity index (χ1n) is 7.01. The van der Waals surface area contributed by atoms with Crippen LogP contribution < -0.4 is 5.32 Å². The fraction of sp³-hybridized carbons (Fsp3) is 0.312. The topological polar surface area (TPSA) is 32.3 Å². The van der Waals surface area contributed by atoms with E-state index in [0.29, 0.717) is 11.6 Å². The van der Waals surface area contributed by atoms with Gasteiger partial charge < -0.3 is 5.32 Å². The Morgan fingerprint density at radius 3 is 2.77 bits per heavy atom. The Morgan fingerprint density at radius 1 is 1.36 bits per heavy atom. The molecule has 118 valence electrons. The third-order valence-electron chi connectivity index (χ3n) is 3.36. The highest BCUT2D eigenvalue weighted by atomic mass is 79.9. The van der Waals surface area contributed by atoms with Gasteiger partial charge in [0, 0.05) is 22.1 Å². The van der Waals surface area contributed by atoms with Crippen LogP contribution in [-0.4, -0.2) is 23.9 Å². The van der Waals surface area contributed by atoms with Crippen LogP contribution in [0.5, 0.6) is 0 Å². The van der Waals surface area contributed by atoms with Crippen LogP contribution >= 0.6 is 38.9 Å². The van der Waals surface area contributed by atoms with Gasteiger partial charge in [-0.2, -0.15) is 0 Å². The summed E-state index contributed by atoms with van der Waals surface area (Å²) in [7, 11) is 0. The zero-order chi connectivity index (χ0) is 16.1. The number of benzene rings is 1. The molecular formula is C16H18BrClN2OS. The molecule has 0 bridgehead atoms. The number of carbonyl (C=O) groups excluding carboxylic acids is 1. The van der Waals surface area contributed by atoms with E-state index < -0.39 is 0 Å². The molecule has 0 radical (unpaired) electrons. The fourth-order valence-corrected chi connectivity index (χ4v) is 3.77. The first-order valence-corrected chi connectivity index (χ1v) is 9.00. The zero-order valence-corrected chi connectivity index (χ0v) is 15.7. The summed E-state index contributed by atoms with van der Waals surface area (Å²) >= 11 is 11.2. The van der Waals surface area contributed by atoms with Crippen LogP contribution in [0, 0.1) is 6.92 Å². The molecule has 0 aliphatic heterocycles. The standard InChI is InChI=1S/C16H18BrClN2OS/c1-3-20(9-12-7-8-15(17)22-12)10-16(21)19-14-6-4-5-13(18)11(14)2/h4-8H,3,9-10H2,1-2H3,(H,19,21). The SMILES string of the molecule is CCN(CC(=O)Nc1cccc(Cl)c1C)Cc1ccc(Br)s1. The van der Waals surface area contributed by atoms with Gasteiger partial charge in [-0.3, -0.25) is 9.69 Å². The van der Waals surface area contributed by atoms with Crippen molar-refractivity contribution in [3.05, 3.63) is 49.6 Å². The maximum absolute atomic E-state index is 12.2. The Morgan fingerprint density at radius 2 is 2.14 bits per heavy atom. The van der Waals surface area contributed by atoms with Crippen molar-refractivity contribution in [2.45, 2.75) is 20.4 Å². The van der Waals surface area contributed by atoms with Crippen molar-refractivity contribution in [2.24, 2.45) is 0 Å². The van der Waals surface area contributed by atoms with Crippen LogP contribution in [-0.2, 0) is 11.3 Å². The van der Waals surface area contributed by atoms with Crippen molar-refractivity contribution in [2.75, 3.05) is 18.4 Å². The number of halogens is 2. The van der Waals surface area contributed by atoms with Crippen LogP contribution in [0.4, 0.5) is 5.69 Å². The van der Waals surface area contributed by atoms with Gasteiger partial charge in [0.15, 0.2) is 0 Å². The molecule has 3 nitrogen and oxygen atoms in total. The third-order valence-corrected chi connectivity index (χ3v) is 5.38. The fourth-order valence-electron chi connectivity index (χ4n) is 2.07. The van der Waals surface area contributed by atoms with Crippen molar-refractivity contribution >= 4 is 50.5 Å². The van der Waals surface area contributed by atoms with E-state index in [-0.39, 0.29) is 5.91 Å². The first-order chi connectivity index (χ1) is 10.5. The molecule has 0 aliphatic carbocycles. The molecule has 1 N–H and O–H groups in total. The summed E-state index contributed by atoms with van der Waals surface area (Å²) in [6.45, 7) is 5.91. The van der Waals surface area contributed by atoms with Crippen molar-refractivity contribution in [3.63, 3.8) is 0 Å². The summed E-state index contributed by atoms with van der Waals surface area (Å²) in [4.78, 5) is 15.6. The Kier molecular flexibility index (Phi) is 6.44. The van der Waals surface area contributed by atoms with Crippen LogP contribution in [0.3, 0.4) is 0 Å². The molecule has 1 aromatic carbocycles. The van der Waals surface area contributed by atoms with Gasteiger partial charge in [0.2, 0.25) is 5.91 Å². The third kappa shape index (κ3) is 4.81. The molecule has 0 saturated heterocycles. The minimum atomic E-state index is -0.0251. The van der Waals surface area contributed by atoms with E-state index in [1.807, 2.05) is 31.2 Å². The molecule has 2 aromatic rings. The minimum absolute atomic E-state index is 0.0251. The molecule has 22 heavy (non-hydrogen) atoms. The number of carbonyl (C=O) groups is 1. The Labute approximate surface area is 148 Å². The van der Waals surface area contributed by atoms with Crippen LogP contribution in [0.15, 0.2) is 34.1 Å². The van der Waals surface area contributed by atoms with Gasteiger partial charge in [0.05, 0.1) is 10.3 Å². The minimum Gasteiger partial charge on any atom is -0.325 e. The van der Waals surface area contributed by atoms with Crippen molar-refractivity contribution in [1.29, 1.82) is 0 Å². The number of likely N-dealkylation sites (N-methyl/N-ethyl adjacent to an activating group) is 1. The number of amides is 1. The van der Waals surface area contributed by atoms with Gasteiger partial charge in [-0.05, 0) is 59.2 Å². The Hall–Kier alpha value is -0.880. The van der Waals surface area contributed by atoms with Gasteiger partial charge in [-0.15, -0.1) is 11.3 Å². The maximum Gasteiger partial charge on any atom is 0.238 e. The lowest BCUT2D eigenvalue weighted by atomic mass is 10.2. The highest BCUT2D eigenvalue weighted by molar-refractivity contribution is 9.11. The molecule has 0 saturated carbocycles. The number of hydrogen-bond donors (Lipinski definition) is 1. The van der Waals surface area contributed by atoms with E-state index in [1.54, 1.807) is 11.3 Å². The van der Waals surface area contributed by atoms with Crippen LogP contribution in [0.1, 0.15) is 17.4 Å². The molecular weight excluding hydrogens is 384 g/mol. The molecule has 2 rings (SSSR count). The van der Waals surface area contributed by atoms with E-state index >= 15 is 0 Å². The molecule has 6 heteroatoms. The lowest BCUT2D eigenvalue weighted by Gasteiger charge is -2.19. The Bertz CT molecular complexity index is 659. The van der Waals surface area contributed by atoms with Crippen molar-refractivity contribution in [3.8, 4) is 0 Å². The number of anilines is 1. The van der Waals surface area contributed by atoms with Gasteiger partial charge in [-0.1, -0.05) is 24.6 Å². The van der Waals surface area contributed by atoms with E-state index in [0.717, 1.165) is 28.1 Å². The molecule has 0 unspecified atom stereocenters. The molecule has 1 heterocycles. The summed E-state index contributed by atoms with van der Waals surface area (Å²) in [5.74, 6) is -0.0251. The molecule has 1 amide bonds. The highest BCUT2D eigenvalue weighted by Gasteiger charge is 2.12. The number of nitrogens with zero attached hydrogens (tertiary/aromatic N) is 1. The summed E-state index contributed by atoms with van der Waals surface area (Å²) < 4.78 is 1.11. The number of hydrogen-bond acceptors (Lipinski definition) is 3. The second-order valence-electron chi connectivity index (χ2n) is 4.97. The molecule has 0 atom stereocenters. The summed E-state index contributed by atoms with van der Waals surface area (Å²) in [5.41, 5.74) is 1.66. The molecule has 0 aliphatic rings. The van der Waals surface area contributed by atoms with E-state index in [1.165, 1.54) is 4.88 Å². The lowest BCUT2D eigenvalue weighted by molar-refractivity contribution is -0.117. The summed E-state index contributed by atoms with van der Waals surface area (Å²) in [6, 6.07) is 9.64. The van der Waals surface area contributed by atoms with Crippen LogP contribution in [0.2, 0.25) is 5.02 Å². The quantitative estimate of drug-likeness (QED) is 0.744. The van der Waals surface area contributed by atoms with Crippen molar-refractivity contribution in [1.82, 2.24) is 4.90 Å². The average molecular weight is 402 g/mol. The highest BCUT2D eigenvalue weighted by Crippen LogP contribution is 2.24. The second-order valence-corrected chi connectivity index (χ2v) is 7.92. The zero-order valence-electron chi connectivity index (χ0n) is 12.5. The summed E-state index contributed by atoms with van der Waals surface area (Å²) in [5, 5.41) is 3.60. The van der Waals surface area contributed by atoms with Gasteiger partial charge in [0.1, 0.15) is 0 Å². The number of nitrogens with one attached hydrogen (secondary N) is 1. The lowest BCUT2D eigenvalue weighted by Crippen LogP contribution is -2.32. The van der Waals surface area contributed by atoms with E-state index in [2.05, 4.69) is 39.1 Å². The normalized spacial score (nSPS) is 11.0. The monoisotopic (exact) mass is 400 g/mol. The van der Waals surface area contributed by atoms with Gasteiger partial charge in [-0.25, -0.2) is 0 Å². The van der Waals surface area contributed by atoms with Crippen LogP contribution in [0.25, 0.3) is 0 Å². The Balaban J connectivity index is 1.96. The molecule has 0 fully saturated rings. The maximum atomic E-state index is 12.2. The largest absolute Gasteiger partial charge is 0.325 e. The smallest absolute Gasteiger partial charge is 0.238 e. The second kappa shape index (κ2) is 8.11. The van der Waals surface area contributed by atoms with E-state index in [9.17, 15) is 4.79 Å². The predicted molar refractivity (Wildman–Crippen MR) is 97.8 cm³/mol. The molecule has 1 aromatic heterocycles. The van der Waals surface area contributed by atoms with Crippen molar-refractivity contribution < 1.29 is 4.79 Å². The first kappa shape index (κ1) is 17.5. The number of thiophene rings is 1.